The average molecular weight is 355 g/mol. The molecule has 2 aromatic rings. The predicted octanol–water partition coefficient (Wildman–Crippen LogP) is 1.72. The SMILES string of the molecule is [2H]c1nn(-c2nc([2H])c(B3OC(C)(C)C(C)(C)O3)c([2H])n2)c([2H])c1Br. The molecule has 1 fully saturated rings. The molecule has 1 aliphatic heterocycles. The Kier molecular flexibility index (Phi) is 2.44. The topological polar surface area (TPSA) is 62.1 Å². The van der Waals surface area contributed by atoms with Crippen LogP contribution in [0.3, 0.4) is 0 Å². The summed E-state index contributed by atoms with van der Waals surface area (Å²) in [6, 6.07) is 0. The number of hydrogen-bond acceptors (Lipinski definition) is 5. The fraction of sp³-hybridized carbons (Fsp3) is 0.462. The minimum Gasteiger partial charge on any atom is -0.399 e. The lowest BCUT2D eigenvalue weighted by Crippen LogP contribution is -2.41. The summed E-state index contributed by atoms with van der Waals surface area (Å²) in [6.07, 6.45) is -0.772. The highest BCUT2D eigenvalue weighted by molar-refractivity contribution is 9.10. The van der Waals surface area contributed by atoms with E-state index in [1.807, 2.05) is 27.7 Å². The van der Waals surface area contributed by atoms with Crippen molar-refractivity contribution in [2.75, 3.05) is 0 Å². The van der Waals surface area contributed by atoms with E-state index < -0.39 is 18.3 Å². The molecule has 21 heavy (non-hydrogen) atoms. The Labute approximate surface area is 137 Å². The molecule has 0 aromatic carbocycles. The van der Waals surface area contributed by atoms with E-state index in [2.05, 4.69) is 31.0 Å². The summed E-state index contributed by atoms with van der Waals surface area (Å²) in [5, 5.41) is 3.83. The lowest BCUT2D eigenvalue weighted by Gasteiger charge is -2.32. The molecular weight excluding hydrogens is 335 g/mol. The Balaban J connectivity index is 2.04. The molecule has 0 spiro atoms. The van der Waals surface area contributed by atoms with E-state index in [9.17, 15) is 0 Å². The lowest BCUT2D eigenvalue weighted by molar-refractivity contribution is 0.00578. The number of nitrogens with zero attached hydrogens (tertiary/aromatic N) is 4. The van der Waals surface area contributed by atoms with Crippen LogP contribution in [0.25, 0.3) is 5.95 Å². The van der Waals surface area contributed by atoms with E-state index in [0.29, 0.717) is 0 Å². The summed E-state index contributed by atoms with van der Waals surface area (Å²) < 4.78 is 44.8. The largest absolute Gasteiger partial charge is 0.498 e. The van der Waals surface area contributed by atoms with E-state index in [0.717, 1.165) is 4.68 Å². The summed E-state index contributed by atoms with van der Waals surface area (Å²) in [5.74, 6) is -0.125. The van der Waals surface area contributed by atoms with Gasteiger partial charge in [-0.05, 0) is 43.6 Å². The van der Waals surface area contributed by atoms with E-state index in [-0.39, 0.29) is 40.6 Å². The molecule has 0 N–H and O–H groups in total. The molecule has 0 amide bonds. The number of rotatable bonds is 2. The average Bonchev–Trinajstić information content (AvgIpc) is 2.84. The van der Waals surface area contributed by atoms with Crippen molar-refractivity contribution in [1.29, 1.82) is 0 Å². The van der Waals surface area contributed by atoms with Crippen molar-refractivity contribution in [2.45, 2.75) is 38.9 Å². The van der Waals surface area contributed by atoms with E-state index in [1.54, 1.807) is 0 Å². The monoisotopic (exact) mass is 354 g/mol. The molecule has 8 heteroatoms. The third kappa shape index (κ3) is 2.63. The van der Waals surface area contributed by atoms with Gasteiger partial charge in [0.1, 0.15) is 0 Å². The van der Waals surface area contributed by atoms with Gasteiger partial charge in [-0.25, -0.2) is 14.6 Å². The molecule has 1 aliphatic rings. The second kappa shape index (κ2) is 4.89. The number of halogens is 1. The van der Waals surface area contributed by atoms with Crippen molar-refractivity contribution < 1.29 is 14.8 Å². The maximum atomic E-state index is 8.16. The Morgan fingerprint density at radius 3 is 2.19 bits per heavy atom. The first-order chi connectivity index (χ1) is 11.4. The zero-order valence-electron chi connectivity index (χ0n) is 16.1. The van der Waals surface area contributed by atoms with Crippen molar-refractivity contribution in [3.8, 4) is 5.95 Å². The van der Waals surface area contributed by atoms with Gasteiger partial charge in [-0.1, -0.05) is 0 Å². The molecule has 0 bridgehead atoms. The van der Waals surface area contributed by atoms with Crippen molar-refractivity contribution in [3.05, 3.63) is 29.2 Å². The normalized spacial score (nSPS) is 22.6. The molecule has 0 saturated carbocycles. The Hall–Kier alpha value is -1.25. The molecule has 2 aromatic heterocycles. The highest BCUT2D eigenvalue weighted by atomic mass is 79.9. The number of aromatic nitrogens is 4. The molecule has 0 aliphatic carbocycles. The van der Waals surface area contributed by atoms with Crippen LogP contribution < -0.4 is 5.46 Å². The van der Waals surface area contributed by atoms with Crippen molar-refractivity contribution in [1.82, 2.24) is 19.7 Å². The van der Waals surface area contributed by atoms with Gasteiger partial charge in [0.15, 0.2) is 0 Å². The van der Waals surface area contributed by atoms with Gasteiger partial charge in [-0.2, -0.15) is 5.10 Å². The van der Waals surface area contributed by atoms with Gasteiger partial charge in [-0.3, -0.25) is 0 Å². The number of hydrogen-bond donors (Lipinski definition) is 0. The Morgan fingerprint density at radius 1 is 1.14 bits per heavy atom. The quantitative estimate of drug-likeness (QED) is 0.768. The van der Waals surface area contributed by atoms with Crippen molar-refractivity contribution in [2.24, 2.45) is 0 Å². The minimum atomic E-state index is -0.925. The summed E-state index contributed by atoms with van der Waals surface area (Å²) in [4.78, 5) is 8.02. The zero-order valence-corrected chi connectivity index (χ0v) is 13.6. The van der Waals surface area contributed by atoms with Gasteiger partial charge in [0.2, 0.25) is 5.95 Å². The third-order valence-electron chi connectivity index (χ3n) is 3.68. The minimum absolute atomic E-state index is 0.117. The van der Waals surface area contributed by atoms with Gasteiger partial charge < -0.3 is 9.31 Å². The van der Waals surface area contributed by atoms with Gasteiger partial charge in [-0.15, -0.1) is 0 Å². The van der Waals surface area contributed by atoms with Gasteiger partial charge in [0, 0.05) is 24.0 Å². The zero-order chi connectivity index (χ0) is 18.7. The predicted molar refractivity (Wildman–Crippen MR) is 82.6 cm³/mol. The van der Waals surface area contributed by atoms with Crippen LogP contribution in [0.4, 0.5) is 0 Å². The lowest BCUT2D eigenvalue weighted by atomic mass is 9.81. The van der Waals surface area contributed by atoms with Crippen LogP contribution in [0, 0.1) is 0 Å². The Bertz CT molecular complexity index is 822. The summed E-state index contributed by atoms with van der Waals surface area (Å²) >= 11 is 3.08. The van der Waals surface area contributed by atoms with E-state index >= 15 is 0 Å². The first-order valence-corrected chi connectivity index (χ1v) is 7.17. The van der Waals surface area contributed by atoms with Crippen LogP contribution in [0.1, 0.15) is 33.2 Å². The molecule has 6 nitrogen and oxygen atoms in total. The van der Waals surface area contributed by atoms with Crippen LogP contribution in [0.15, 0.2) is 29.2 Å². The molecule has 0 radical (unpaired) electrons. The molecule has 1 saturated heterocycles. The molecule has 110 valence electrons. The van der Waals surface area contributed by atoms with Gasteiger partial charge >= 0.3 is 7.12 Å². The standard InChI is InChI=1S/C13H16BBrN4O2/c1-12(2)13(3,4)21-14(20-12)9-5-16-11(17-6-9)19-8-10(15)7-18-19/h5-8H,1-4H3/i5D,6D,7D,8D. The molecule has 0 unspecified atom stereocenters. The van der Waals surface area contributed by atoms with Crippen molar-refractivity contribution in [3.63, 3.8) is 0 Å². The molecule has 3 rings (SSSR count). The maximum Gasteiger partial charge on any atom is 0.498 e. The van der Waals surface area contributed by atoms with E-state index in [4.69, 9.17) is 14.8 Å². The second-order valence-electron chi connectivity index (χ2n) is 5.70. The molecule has 0 atom stereocenters. The summed E-state index contributed by atoms with van der Waals surface area (Å²) in [5.41, 5.74) is -1.11. The van der Waals surface area contributed by atoms with Crippen LogP contribution in [0.2, 0.25) is 0 Å². The highest BCUT2D eigenvalue weighted by Gasteiger charge is 2.51. The fourth-order valence-electron chi connectivity index (χ4n) is 1.76. The van der Waals surface area contributed by atoms with Crippen LogP contribution in [0.5, 0.6) is 0 Å². The van der Waals surface area contributed by atoms with Crippen LogP contribution in [-0.4, -0.2) is 38.1 Å². The highest BCUT2D eigenvalue weighted by Crippen LogP contribution is 2.36. The van der Waals surface area contributed by atoms with Gasteiger partial charge in [0.25, 0.3) is 0 Å². The van der Waals surface area contributed by atoms with E-state index in [1.165, 1.54) is 0 Å². The van der Waals surface area contributed by atoms with Crippen LogP contribution >= 0.6 is 15.9 Å². The summed E-state index contributed by atoms with van der Waals surface area (Å²) in [6.45, 7) is 7.50. The summed E-state index contributed by atoms with van der Waals surface area (Å²) in [7, 11) is -0.925. The Morgan fingerprint density at radius 2 is 1.71 bits per heavy atom. The first kappa shape index (κ1) is 10.5. The van der Waals surface area contributed by atoms with Gasteiger partial charge in [0.05, 0.1) is 27.3 Å². The van der Waals surface area contributed by atoms with Crippen molar-refractivity contribution >= 4 is 28.5 Å². The molecular formula is C13H16BBrN4O2. The van der Waals surface area contributed by atoms with Crippen LogP contribution in [-0.2, 0) is 9.31 Å². The second-order valence-corrected chi connectivity index (χ2v) is 6.49. The maximum absolute atomic E-state index is 8.16. The first-order valence-electron chi connectivity index (χ1n) is 8.37. The fourth-order valence-corrected chi connectivity index (χ4v) is 2.01. The smallest absolute Gasteiger partial charge is 0.399 e. The third-order valence-corrected chi connectivity index (χ3v) is 4.04. The molecule has 3 heterocycles.